The van der Waals surface area contributed by atoms with E-state index < -0.39 is 0 Å². The van der Waals surface area contributed by atoms with E-state index in [1.807, 2.05) is 18.2 Å². The van der Waals surface area contributed by atoms with Crippen LogP contribution in [-0.4, -0.2) is 29.5 Å². The Kier molecular flexibility index (Phi) is 5.39. The van der Waals surface area contributed by atoms with Crippen LogP contribution in [0.1, 0.15) is 42.5 Å². The first kappa shape index (κ1) is 16.8. The molecule has 1 aromatic heterocycles. The van der Waals surface area contributed by atoms with Crippen molar-refractivity contribution in [3.8, 4) is 6.07 Å². The van der Waals surface area contributed by atoms with Crippen molar-refractivity contribution in [2.45, 2.75) is 32.2 Å². The van der Waals surface area contributed by atoms with Gasteiger partial charge in [0, 0.05) is 18.5 Å². The van der Waals surface area contributed by atoms with Crippen LogP contribution in [0.15, 0.2) is 28.7 Å². The number of piperidine rings is 1. The Hall–Kier alpha value is -2.03. The average molecular weight is 345 g/mol. The Bertz CT molecular complexity index is 731. The van der Waals surface area contributed by atoms with Gasteiger partial charge in [0.25, 0.3) is 0 Å². The smallest absolute Gasteiger partial charge is 0.232 e. The molecule has 6 heteroatoms. The zero-order valence-corrected chi connectivity index (χ0v) is 14.5. The zero-order chi connectivity index (χ0) is 16.9. The zero-order valence-electron chi connectivity index (χ0n) is 13.8. The number of nitrogens with one attached hydrogen (secondary N) is 1. The minimum absolute atomic E-state index is 0.135. The van der Waals surface area contributed by atoms with Crippen molar-refractivity contribution in [3.63, 3.8) is 0 Å². The number of halogens is 1. The average Bonchev–Trinajstić information content (AvgIpc) is 2.97. The van der Waals surface area contributed by atoms with Gasteiger partial charge in [-0.15, -0.1) is 0 Å². The Morgan fingerprint density at radius 2 is 2.08 bits per heavy atom. The number of hydrogen-bond donors (Lipinski definition) is 1. The molecule has 0 bridgehead atoms. The molecule has 2 heterocycles. The summed E-state index contributed by atoms with van der Waals surface area (Å²) in [6.07, 6.45) is 3.68. The quantitative estimate of drug-likeness (QED) is 0.882. The van der Waals surface area contributed by atoms with Gasteiger partial charge in [-0.3, -0.25) is 4.90 Å². The van der Waals surface area contributed by atoms with Crippen molar-refractivity contribution in [1.29, 1.82) is 5.26 Å². The first-order chi connectivity index (χ1) is 11.7. The molecular formula is C18H21ClN4O. The van der Waals surface area contributed by atoms with E-state index in [1.165, 1.54) is 19.3 Å². The molecule has 0 aliphatic carbocycles. The molecule has 0 spiro atoms. The highest BCUT2D eigenvalue weighted by molar-refractivity contribution is 6.31. The van der Waals surface area contributed by atoms with Gasteiger partial charge in [0.15, 0.2) is 5.89 Å². The maximum Gasteiger partial charge on any atom is 0.232 e. The molecule has 5 nitrogen and oxygen atoms in total. The number of aromatic nitrogens is 1. The molecule has 3 rings (SSSR count). The molecule has 1 atom stereocenters. The summed E-state index contributed by atoms with van der Waals surface area (Å²) in [6.45, 7) is 4.46. The first-order valence-corrected chi connectivity index (χ1v) is 8.66. The summed E-state index contributed by atoms with van der Waals surface area (Å²) in [5.41, 5.74) is 1.40. The minimum Gasteiger partial charge on any atom is -0.424 e. The molecule has 0 radical (unpaired) electrons. The number of nitrogens with zero attached hydrogens (tertiary/aromatic N) is 3. The lowest BCUT2D eigenvalue weighted by Crippen LogP contribution is -2.37. The van der Waals surface area contributed by atoms with Crippen molar-refractivity contribution < 1.29 is 4.42 Å². The standard InChI is InChI=1S/C18H21ClN4O/c1-13-22-16(11-20)18(24-13)21-12-17(23-9-5-2-6-10-23)14-7-3-4-8-15(14)19/h3-4,7-8,17,21H,2,5-6,9-10,12H2,1H3/t17-/m0/s1. The van der Waals surface area contributed by atoms with Gasteiger partial charge in [0.1, 0.15) is 6.07 Å². The normalized spacial score (nSPS) is 16.5. The first-order valence-electron chi connectivity index (χ1n) is 8.29. The van der Waals surface area contributed by atoms with E-state index in [0.717, 1.165) is 23.7 Å². The summed E-state index contributed by atoms with van der Waals surface area (Å²) in [6, 6.07) is 10.1. The third-order valence-corrected chi connectivity index (χ3v) is 4.74. The third-order valence-electron chi connectivity index (χ3n) is 4.39. The molecule has 0 unspecified atom stereocenters. The van der Waals surface area contributed by atoms with Crippen LogP contribution >= 0.6 is 11.6 Å². The van der Waals surface area contributed by atoms with Crippen molar-refractivity contribution in [3.05, 3.63) is 46.4 Å². The number of rotatable bonds is 5. The largest absolute Gasteiger partial charge is 0.424 e. The third kappa shape index (κ3) is 3.72. The summed E-state index contributed by atoms with van der Waals surface area (Å²) in [7, 11) is 0. The van der Waals surface area contributed by atoms with Gasteiger partial charge in [0.05, 0.1) is 6.04 Å². The maximum absolute atomic E-state index is 9.16. The van der Waals surface area contributed by atoms with Crippen LogP contribution in [0.2, 0.25) is 5.02 Å². The van der Waals surface area contributed by atoms with Gasteiger partial charge in [-0.25, -0.2) is 4.98 Å². The van der Waals surface area contributed by atoms with Crippen molar-refractivity contribution in [2.75, 3.05) is 25.0 Å². The summed E-state index contributed by atoms with van der Waals surface area (Å²) >= 11 is 6.44. The molecule has 24 heavy (non-hydrogen) atoms. The number of hydrogen-bond acceptors (Lipinski definition) is 5. The molecule has 1 aromatic carbocycles. The number of anilines is 1. The van der Waals surface area contributed by atoms with E-state index in [-0.39, 0.29) is 6.04 Å². The van der Waals surface area contributed by atoms with Gasteiger partial charge in [-0.2, -0.15) is 5.26 Å². The van der Waals surface area contributed by atoms with Gasteiger partial charge in [0.2, 0.25) is 11.6 Å². The van der Waals surface area contributed by atoms with E-state index in [4.69, 9.17) is 21.3 Å². The van der Waals surface area contributed by atoms with Crippen LogP contribution in [0.5, 0.6) is 0 Å². The Labute approximate surface area is 147 Å². The topological polar surface area (TPSA) is 65.1 Å². The summed E-state index contributed by atoms with van der Waals surface area (Å²) in [5.74, 6) is 0.922. The number of benzene rings is 1. The van der Waals surface area contributed by atoms with Gasteiger partial charge in [-0.05, 0) is 37.6 Å². The second-order valence-corrected chi connectivity index (χ2v) is 6.44. The number of aryl methyl sites for hydroxylation is 1. The molecule has 0 amide bonds. The minimum atomic E-state index is 0.135. The fourth-order valence-corrected chi connectivity index (χ4v) is 3.48. The molecular weight excluding hydrogens is 324 g/mol. The van der Waals surface area contributed by atoms with Crippen molar-refractivity contribution >= 4 is 17.5 Å². The Morgan fingerprint density at radius 3 is 2.79 bits per heavy atom. The Morgan fingerprint density at radius 1 is 1.33 bits per heavy atom. The van der Waals surface area contributed by atoms with Crippen LogP contribution in [0.25, 0.3) is 0 Å². The van der Waals surface area contributed by atoms with Crippen molar-refractivity contribution in [1.82, 2.24) is 9.88 Å². The van der Waals surface area contributed by atoms with Gasteiger partial charge >= 0.3 is 0 Å². The molecule has 1 aliphatic heterocycles. The van der Waals surface area contributed by atoms with Crippen LogP contribution < -0.4 is 5.32 Å². The summed E-state index contributed by atoms with van der Waals surface area (Å²) in [5, 5.41) is 13.2. The molecule has 126 valence electrons. The predicted molar refractivity (Wildman–Crippen MR) is 94.1 cm³/mol. The number of likely N-dealkylation sites (tertiary alicyclic amines) is 1. The maximum atomic E-state index is 9.16. The molecule has 1 saturated heterocycles. The molecule has 1 N–H and O–H groups in total. The number of nitriles is 1. The second-order valence-electron chi connectivity index (χ2n) is 6.04. The lowest BCUT2D eigenvalue weighted by Gasteiger charge is -2.35. The second kappa shape index (κ2) is 7.69. The summed E-state index contributed by atoms with van der Waals surface area (Å²) < 4.78 is 5.51. The van der Waals surface area contributed by atoms with E-state index in [2.05, 4.69) is 27.3 Å². The molecule has 1 fully saturated rings. The van der Waals surface area contributed by atoms with Crippen LogP contribution in [0.3, 0.4) is 0 Å². The fourth-order valence-electron chi connectivity index (χ4n) is 3.22. The highest BCUT2D eigenvalue weighted by atomic mass is 35.5. The number of oxazole rings is 1. The monoisotopic (exact) mass is 344 g/mol. The Balaban J connectivity index is 1.82. The summed E-state index contributed by atoms with van der Waals surface area (Å²) in [4.78, 5) is 6.53. The van der Waals surface area contributed by atoms with E-state index in [0.29, 0.717) is 24.0 Å². The lowest BCUT2D eigenvalue weighted by molar-refractivity contribution is 0.170. The molecule has 1 aliphatic rings. The van der Waals surface area contributed by atoms with E-state index in [1.54, 1.807) is 6.92 Å². The van der Waals surface area contributed by atoms with Crippen LogP contribution in [0.4, 0.5) is 5.88 Å². The highest BCUT2D eigenvalue weighted by Gasteiger charge is 2.24. The van der Waals surface area contributed by atoms with Crippen molar-refractivity contribution in [2.24, 2.45) is 0 Å². The van der Waals surface area contributed by atoms with E-state index >= 15 is 0 Å². The van der Waals surface area contributed by atoms with Gasteiger partial charge < -0.3 is 9.73 Å². The highest BCUT2D eigenvalue weighted by Crippen LogP contribution is 2.30. The predicted octanol–water partition coefficient (Wildman–Crippen LogP) is 4.15. The molecule has 2 aromatic rings. The molecule has 0 saturated carbocycles. The lowest BCUT2D eigenvalue weighted by atomic mass is 10.0. The fraction of sp³-hybridized carbons (Fsp3) is 0.444. The van der Waals surface area contributed by atoms with Crippen LogP contribution in [0, 0.1) is 18.3 Å². The van der Waals surface area contributed by atoms with E-state index in [9.17, 15) is 0 Å². The van der Waals surface area contributed by atoms with Gasteiger partial charge in [-0.1, -0.05) is 36.2 Å². The van der Waals surface area contributed by atoms with Crippen LogP contribution in [-0.2, 0) is 0 Å². The SMILES string of the molecule is Cc1nc(C#N)c(NC[C@@H](c2ccccc2Cl)N2CCCCC2)o1.